The van der Waals surface area contributed by atoms with Crippen molar-refractivity contribution < 1.29 is 22.7 Å². The molecule has 2 aromatic rings. The van der Waals surface area contributed by atoms with Crippen LogP contribution in [0.4, 0.5) is 0 Å². The Kier molecular flexibility index (Phi) is 5.46. The molecule has 1 saturated heterocycles. The smallest absolute Gasteiger partial charge is 0.254 e. The van der Waals surface area contributed by atoms with E-state index in [2.05, 4.69) is 4.72 Å². The zero-order chi connectivity index (χ0) is 21.5. The fourth-order valence-corrected chi connectivity index (χ4v) is 5.20. The Hall–Kier alpha value is -2.58. The van der Waals surface area contributed by atoms with Gasteiger partial charge in [0.25, 0.3) is 5.91 Å². The van der Waals surface area contributed by atoms with Gasteiger partial charge in [-0.1, -0.05) is 6.07 Å². The second-order valence-electron chi connectivity index (χ2n) is 7.68. The number of sulfonamides is 1. The van der Waals surface area contributed by atoms with Crippen molar-refractivity contribution in [3.05, 3.63) is 52.6 Å². The number of hydrogen-bond donors (Lipinski definition) is 1. The normalized spacial score (nSPS) is 18.5. The number of likely N-dealkylation sites (tertiary alicyclic amines) is 1. The Labute approximate surface area is 177 Å². The summed E-state index contributed by atoms with van der Waals surface area (Å²) < 4.78 is 38.5. The number of carbonyl (C=O) groups is 1. The Balaban J connectivity index is 1.68. The van der Waals surface area contributed by atoms with Gasteiger partial charge in [-0.15, -0.1) is 0 Å². The summed E-state index contributed by atoms with van der Waals surface area (Å²) in [4.78, 5) is 15.4. The molecule has 8 heteroatoms. The summed E-state index contributed by atoms with van der Waals surface area (Å²) in [5.74, 6) is 1.26. The highest BCUT2D eigenvalue weighted by molar-refractivity contribution is 7.89. The van der Waals surface area contributed by atoms with Gasteiger partial charge >= 0.3 is 0 Å². The van der Waals surface area contributed by atoms with Crippen LogP contribution in [-0.2, 0) is 10.0 Å². The monoisotopic (exact) mass is 430 g/mol. The van der Waals surface area contributed by atoms with Crippen LogP contribution in [0.25, 0.3) is 0 Å². The van der Waals surface area contributed by atoms with Crippen molar-refractivity contribution in [3.8, 4) is 11.5 Å². The molecule has 0 bridgehead atoms. The number of amides is 1. The van der Waals surface area contributed by atoms with E-state index >= 15 is 0 Å². The zero-order valence-electron chi connectivity index (χ0n) is 17.4. The molecule has 160 valence electrons. The fourth-order valence-electron chi connectivity index (χ4n) is 4.13. The third-order valence-corrected chi connectivity index (χ3v) is 7.43. The van der Waals surface area contributed by atoms with Gasteiger partial charge in [-0.05, 0) is 74.7 Å². The van der Waals surface area contributed by atoms with Gasteiger partial charge in [0.05, 0.1) is 10.9 Å². The maximum absolute atomic E-state index is 13.4. The summed E-state index contributed by atoms with van der Waals surface area (Å²) in [5.41, 5.74) is 2.80. The van der Waals surface area contributed by atoms with E-state index in [9.17, 15) is 13.2 Å². The van der Waals surface area contributed by atoms with Crippen LogP contribution in [0.1, 0.15) is 45.9 Å². The van der Waals surface area contributed by atoms with Crippen LogP contribution < -0.4 is 14.2 Å². The van der Waals surface area contributed by atoms with Crippen LogP contribution in [-0.4, -0.2) is 46.0 Å². The SMILES string of the molecule is CNS(=O)(=O)c1cc(C(=O)N2CCC[C@H]2c2ccc3c(c2)OCCO3)cc(C)c1C. The standard InChI is InChI=1S/C22H26N2O5S/c1-14-11-17(13-21(15(14)2)30(26,27)23-3)22(25)24-8-4-5-18(24)16-6-7-19-20(12-16)29-10-9-28-19/h6-7,11-13,18,23H,4-5,8-10H2,1-3H3/t18-/m0/s1. The maximum Gasteiger partial charge on any atom is 0.254 e. The van der Waals surface area contributed by atoms with Gasteiger partial charge in [-0.25, -0.2) is 13.1 Å². The average molecular weight is 431 g/mol. The van der Waals surface area contributed by atoms with E-state index in [-0.39, 0.29) is 16.8 Å². The number of rotatable bonds is 4. The third kappa shape index (κ3) is 3.65. The van der Waals surface area contributed by atoms with E-state index in [0.717, 1.165) is 29.7 Å². The molecule has 1 amide bonds. The molecule has 30 heavy (non-hydrogen) atoms. The number of hydrogen-bond acceptors (Lipinski definition) is 5. The van der Waals surface area contributed by atoms with Gasteiger partial charge < -0.3 is 14.4 Å². The minimum Gasteiger partial charge on any atom is -0.486 e. The largest absolute Gasteiger partial charge is 0.486 e. The van der Waals surface area contributed by atoms with E-state index < -0.39 is 10.0 Å². The highest BCUT2D eigenvalue weighted by Gasteiger charge is 2.32. The average Bonchev–Trinajstić information content (AvgIpc) is 3.24. The van der Waals surface area contributed by atoms with E-state index in [0.29, 0.717) is 36.6 Å². The molecule has 7 nitrogen and oxygen atoms in total. The lowest BCUT2D eigenvalue weighted by atomic mass is 10.0. The molecule has 0 spiro atoms. The van der Waals surface area contributed by atoms with Crippen LogP contribution in [0, 0.1) is 13.8 Å². The van der Waals surface area contributed by atoms with Crippen LogP contribution in [0.3, 0.4) is 0 Å². The van der Waals surface area contributed by atoms with Crippen molar-refractivity contribution in [1.29, 1.82) is 0 Å². The first-order chi connectivity index (χ1) is 14.3. The molecule has 2 heterocycles. The highest BCUT2D eigenvalue weighted by Crippen LogP contribution is 2.39. The summed E-state index contributed by atoms with van der Waals surface area (Å²) >= 11 is 0. The first kappa shape index (κ1) is 20.7. The quantitative estimate of drug-likeness (QED) is 0.806. The van der Waals surface area contributed by atoms with Crippen LogP contribution in [0.15, 0.2) is 35.2 Å². The molecule has 2 aliphatic heterocycles. The number of nitrogens with zero attached hydrogens (tertiary/aromatic N) is 1. The molecule has 0 radical (unpaired) electrons. The van der Waals surface area contributed by atoms with Crippen molar-refractivity contribution in [2.45, 2.75) is 37.6 Å². The molecule has 0 aromatic heterocycles. The highest BCUT2D eigenvalue weighted by atomic mass is 32.2. The lowest BCUT2D eigenvalue weighted by Gasteiger charge is -2.27. The van der Waals surface area contributed by atoms with Crippen molar-refractivity contribution >= 4 is 15.9 Å². The molecular formula is C22H26N2O5S. The molecule has 1 atom stereocenters. The number of nitrogens with one attached hydrogen (secondary N) is 1. The van der Waals surface area contributed by atoms with Crippen LogP contribution in [0.5, 0.6) is 11.5 Å². The molecule has 2 aromatic carbocycles. The zero-order valence-corrected chi connectivity index (χ0v) is 18.2. The Morgan fingerprint density at radius 3 is 2.57 bits per heavy atom. The van der Waals surface area contributed by atoms with Gasteiger partial charge in [-0.2, -0.15) is 0 Å². The Morgan fingerprint density at radius 1 is 1.10 bits per heavy atom. The molecular weight excluding hydrogens is 404 g/mol. The van der Waals surface area contributed by atoms with Gasteiger partial charge in [0.2, 0.25) is 10.0 Å². The number of benzene rings is 2. The maximum atomic E-state index is 13.4. The predicted octanol–water partition coefficient (Wildman–Crippen LogP) is 2.96. The number of fused-ring (bicyclic) bond motifs is 1. The number of ether oxygens (including phenoxy) is 2. The van der Waals surface area contributed by atoms with Crippen LogP contribution >= 0.6 is 0 Å². The Morgan fingerprint density at radius 2 is 1.83 bits per heavy atom. The molecule has 1 N–H and O–H groups in total. The van der Waals surface area contributed by atoms with Gasteiger partial charge in [0.1, 0.15) is 13.2 Å². The molecule has 4 rings (SSSR count). The summed E-state index contributed by atoms with van der Waals surface area (Å²) in [7, 11) is -2.29. The van der Waals surface area contributed by atoms with Gasteiger partial charge in [-0.3, -0.25) is 4.79 Å². The number of aryl methyl sites for hydroxylation is 1. The first-order valence-electron chi connectivity index (χ1n) is 10.1. The van der Waals surface area contributed by atoms with Gasteiger partial charge in [0, 0.05) is 12.1 Å². The topological polar surface area (TPSA) is 84.9 Å². The minimum atomic E-state index is -3.66. The first-order valence-corrected chi connectivity index (χ1v) is 11.6. The minimum absolute atomic E-state index is 0.0840. The summed E-state index contributed by atoms with van der Waals surface area (Å²) in [6.07, 6.45) is 1.73. The predicted molar refractivity (Wildman–Crippen MR) is 113 cm³/mol. The van der Waals surface area contributed by atoms with E-state index in [1.807, 2.05) is 30.0 Å². The fraction of sp³-hybridized carbons (Fsp3) is 0.409. The van der Waals surface area contributed by atoms with Gasteiger partial charge in [0.15, 0.2) is 11.5 Å². The second kappa shape index (κ2) is 7.92. The van der Waals surface area contributed by atoms with E-state index in [1.165, 1.54) is 13.1 Å². The lowest BCUT2D eigenvalue weighted by Crippen LogP contribution is -2.31. The summed E-state index contributed by atoms with van der Waals surface area (Å²) in [6.45, 7) is 5.24. The molecule has 0 unspecified atom stereocenters. The van der Waals surface area contributed by atoms with Crippen molar-refractivity contribution in [2.75, 3.05) is 26.8 Å². The number of carbonyl (C=O) groups excluding carboxylic acids is 1. The van der Waals surface area contributed by atoms with Crippen LogP contribution in [0.2, 0.25) is 0 Å². The second-order valence-corrected chi connectivity index (χ2v) is 9.54. The van der Waals surface area contributed by atoms with Crippen molar-refractivity contribution in [3.63, 3.8) is 0 Å². The lowest BCUT2D eigenvalue weighted by molar-refractivity contribution is 0.0734. The van der Waals surface area contributed by atoms with E-state index in [4.69, 9.17) is 9.47 Å². The van der Waals surface area contributed by atoms with Crippen molar-refractivity contribution in [2.24, 2.45) is 0 Å². The molecule has 0 saturated carbocycles. The Bertz CT molecular complexity index is 1100. The molecule has 1 fully saturated rings. The molecule has 0 aliphatic carbocycles. The third-order valence-electron chi connectivity index (χ3n) is 5.89. The van der Waals surface area contributed by atoms with Crippen molar-refractivity contribution in [1.82, 2.24) is 9.62 Å². The summed E-state index contributed by atoms with van der Waals surface area (Å²) in [5, 5.41) is 0. The summed E-state index contributed by atoms with van der Waals surface area (Å²) in [6, 6.07) is 8.97. The van der Waals surface area contributed by atoms with E-state index in [1.54, 1.807) is 13.0 Å². The molecule has 2 aliphatic rings.